The Morgan fingerprint density at radius 2 is 1.79 bits per heavy atom. The number of fused-ring (bicyclic) bond motifs is 1. The first-order valence-electron chi connectivity index (χ1n) is 9.03. The molecule has 0 amide bonds. The van der Waals surface area contributed by atoms with Gasteiger partial charge >= 0.3 is 0 Å². The highest BCUT2D eigenvalue weighted by atomic mass is 32.2. The second kappa shape index (κ2) is 8.06. The number of rotatable bonds is 6. The summed E-state index contributed by atoms with van der Waals surface area (Å²) in [6, 6.07) is 19.2. The molecule has 0 spiro atoms. The van der Waals surface area contributed by atoms with Crippen LogP contribution < -0.4 is 5.73 Å². The monoisotopic (exact) mass is 407 g/mol. The Balaban J connectivity index is 1.81. The van der Waals surface area contributed by atoms with Crippen LogP contribution in [-0.2, 0) is 13.1 Å². The average molecular weight is 407 g/mol. The summed E-state index contributed by atoms with van der Waals surface area (Å²) in [5.74, 6) is -0.266. The molecule has 4 rings (SSSR count). The summed E-state index contributed by atoms with van der Waals surface area (Å²) < 4.78 is 16.2. The van der Waals surface area contributed by atoms with E-state index in [2.05, 4.69) is 0 Å². The topological polar surface area (TPSA) is 74.1 Å². The van der Waals surface area contributed by atoms with Crippen molar-refractivity contribution in [1.82, 2.24) is 4.57 Å². The van der Waals surface area contributed by atoms with Gasteiger partial charge in [0.1, 0.15) is 5.82 Å². The number of aromatic nitrogens is 1. The molecule has 7 heteroatoms. The van der Waals surface area contributed by atoms with E-state index in [1.807, 2.05) is 29.0 Å². The molecule has 0 aliphatic rings. The van der Waals surface area contributed by atoms with E-state index in [0.29, 0.717) is 23.5 Å². The fourth-order valence-corrected chi connectivity index (χ4v) is 4.36. The van der Waals surface area contributed by atoms with Crippen molar-refractivity contribution in [2.45, 2.75) is 22.9 Å². The van der Waals surface area contributed by atoms with E-state index in [9.17, 15) is 14.5 Å². The van der Waals surface area contributed by atoms with Crippen LogP contribution >= 0.6 is 11.8 Å². The number of nitro groups is 1. The molecule has 3 aromatic carbocycles. The standard InChI is InChI=1S/C22H18FN3O2S/c23-18-6-2-1-5-16(18)13-25-14-22(17-10-9-15(12-24)11-20(17)25)29-21-8-4-3-7-19(21)26(27)28/h1-11,14H,12-13,24H2. The van der Waals surface area contributed by atoms with Gasteiger partial charge in [-0.05, 0) is 23.8 Å². The van der Waals surface area contributed by atoms with Gasteiger partial charge in [0.05, 0.1) is 16.4 Å². The van der Waals surface area contributed by atoms with Crippen molar-refractivity contribution in [3.8, 4) is 0 Å². The van der Waals surface area contributed by atoms with Crippen LogP contribution in [0, 0.1) is 15.9 Å². The van der Waals surface area contributed by atoms with E-state index in [-0.39, 0.29) is 16.4 Å². The van der Waals surface area contributed by atoms with Crippen LogP contribution in [0.2, 0.25) is 0 Å². The largest absolute Gasteiger partial charge is 0.342 e. The summed E-state index contributed by atoms with van der Waals surface area (Å²) in [6.07, 6.45) is 1.92. The van der Waals surface area contributed by atoms with Crippen LogP contribution in [0.1, 0.15) is 11.1 Å². The molecule has 0 fully saturated rings. The van der Waals surface area contributed by atoms with E-state index in [1.165, 1.54) is 23.9 Å². The molecule has 0 saturated heterocycles. The molecule has 0 saturated carbocycles. The van der Waals surface area contributed by atoms with Crippen molar-refractivity contribution in [3.63, 3.8) is 0 Å². The van der Waals surface area contributed by atoms with Gasteiger partial charge < -0.3 is 10.3 Å². The zero-order chi connectivity index (χ0) is 20.4. The zero-order valence-electron chi connectivity index (χ0n) is 15.4. The first-order valence-corrected chi connectivity index (χ1v) is 9.85. The third-order valence-electron chi connectivity index (χ3n) is 4.73. The zero-order valence-corrected chi connectivity index (χ0v) is 16.2. The molecule has 0 bridgehead atoms. The Morgan fingerprint density at radius 1 is 1.03 bits per heavy atom. The number of benzene rings is 3. The van der Waals surface area contributed by atoms with Crippen LogP contribution in [0.5, 0.6) is 0 Å². The Labute approximate surface area is 171 Å². The lowest BCUT2D eigenvalue weighted by atomic mass is 10.1. The van der Waals surface area contributed by atoms with E-state index in [4.69, 9.17) is 5.73 Å². The van der Waals surface area contributed by atoms with Crippen molar-refractivity contribution >= 4 is 28.4 Å². The molecule has 1 heterocycles. The van der Waals surface area contributed by atoms with Crippen LogP contribution in [0.15, 0.2) is 82.7 Å². The minimum atomic E-state index is -0.382. The Morgan fingerprint density at radius 3 is 2.55 bits per heavy atom. The lowest BCUT2D eigenvalue weighted by Crippen LogP contribution is -2.01. The van der Waals surface area contributed by atoms with E-state index in [0.717, 1.165) is 21.4 Å². The molecule has 5 nitrogen and oxygen atoms in total. The van der Waals surface area contributed by atoms with Gasteiger partial charge in [0.2, 0.25) is 0 Å². The lowest BCUT2D eigenvalue weighted by molar-refractivity contribution is -0.387. The number of halogens is 1. The number of nitrogens with zero attached hydrogens (tertiary/aromatic N) is 2. The highest BCUT2D eigenvalue weighted by Gasteiger charge is 2.17. The van der Waals surface area contributed by atoms with Gasteiger partial charge in [-0.15, -0.1) is 0 Å². The Hall–Kier alpha value is -3.16. The minimum absolute atomic E-state index is 0.0612. The van der Waals surface area contributed by atoms with Gasteiger partial charge in [-0.2, -0.15) is 0 Å². The van der Waals surface area contributed by atoms with E-state index < -0.39 is 0 Å². The first kappa shape index (κ1) is 19.2. The number of nitro benzene ring substituents is 1. The van der Waals surface area contributed by atoms with Crippen LogP contribution in [-0.4, -0.2) is 9.49 Å². The van der Waals surface area contributed by atoms with E-state index in [1.54, 1.807) is 36.4 Å². The molecule has 1 aromatic heterocycles. The molecule has 0 radical (unpaired) electrons. The minimum Gasteiger partial charge on any atom is -0.342 e. The van der Waals surface area contributed by atoms with Gasteiger partial charge in [-0.1, -0.05) is 54.2 Å². The second-order valence-electron chi connectivity index (χ2n) is 6.60. The first-order chi connectivity index (χ1) is 14.1. The summed E-state index contributed by atoms with van der Waals surface area (Å²) >= 11 is 1.33. The van der Waals surface area contributed by atoms with E-state index >= 15 is 0 Å². The molecule has 4 aromatic rings. The predicted octanol–water partition coefficient (Wildman–Crippen LogP) is 5.35. The smallest absolute Gasteiger partial charge is 0.283 e. The summed E-state index contributed by atoms with van der Waals surface area (Å²) in [5.41, 5.74) is 8.32. The Kier molecular flexibility index (Phi) is 5.33. The molecule has 0 aliphatic carbocycles. The van der Waals surface area contributed by atoms with Crippen LogP contribution in [0.3, 0.4) is 0 Å². The molecule has 0 unspecified atom stereocenters. The van der Waals surface area contributed by atoms with Gasteiger partial charge in [0.15, 0.2) is 0 Å². The predicted molar refractivity (Wildman–Crippen MR) is 113 cm³/mol. The van der Waals surface area contributed by atoms with Crippen molar-refractivity contribution in [3.05, 3.63) is 100.0 Å². The lowest BCUT2D eigenvalue weighted by Gasteiger charge is -2.07. The van der Waals surface area contributed by atoms with Crippen molar-refractivity contribution in [2.75, 3.05) is 0 Å². The van der Waals surface area contributed by atoms with Crippen molar-refractivity contribution in [2.24, 2.45) is 5.73 Å². The van der Waals surface area contributed by atoms with Crippen molar-refractivity contribution < 1.29 is 9.31 Å². The molecular weight excluding hydrogens is 389 g/mol. The molecule has 29 heavy (non-hydrogen) atoms. The summed E-state index contributed by atoms with van der Waals surface area (Å²) in [7, 11) is 0. The maximum atomic E-state index is 14.2. The molecular formula is C22H18FN3O2S. The van der Waals surface area contributed by atoms with Gasteiger partial charge in [0.25, 0.3) is 5.69 Å². The second-order valence-corrected chi connectivity index (χ2v) is 7.68. The number of nitrogens with two attached hydrogens (primary N) is 1. The fourth-order valence-electron chi connectivity index (χ4n) is 3.27. The normalized spacial score (nSPS) is 11.1. The van der Waals surface area contributed by atoms with Crippen LogP contribution in [0.25, 0.3) is 10.9 Å². The maximum absolute atomic E-state index is 14.2. The van der Waals surface area contributed by atoms with Gasteiger partial charge in [0, 0.05) is 40.2 Å². The summed E-state index contributed by atoms with van der Waals surface area (Å²) in [6.45, 7) is 0.752. The molecule has 2 N–H and O–H groups in total. The highest BCUT2D eigenvalue weighted by Crippen LogP contribution is 2.39. The summed E-state index contributed by atoms with van der Waals surface area (Å²) in [5, 5.41) is 12.3. The van der Waals surface area contributed by atoms with Gasteiger partial charge in [-0.3, -0.25) is 10.1 Å². The third-order valence-corrected chi connectivity index (χ3v) is 5.84. The number of hydrogen-bond donors (Lipinski definition) is 1. The quantitative estimate of drug-likeness (QED) is 0.345. The SMILES string of the molecule is NCc1ccc2c(Sc3ccccc3[N+](=O)[O-])cn(Cc3ccccc3F)c2c1. The number of para-hydroxylation sites is 1. The fraction of sp³-hybridized carbons (Fsp3) is 0.0909. The molecule has 0 atom stereocenters. The number of hydrogen-bond acceptors (Lipinski definition) is 4. The Bertz CT molecular complexity index is 1210. The summed E-state index contributed by atoms with van der Waals surface area (Å²) in [4.78, 5) is 12.4. The maximum Gasteiger partial charge on any atom is 0.283 e. The molecule has 146 valence electrons. The third kappa shape index (κ3) is 3.87. The molecule has 0 aliphatic heterocycles. The van der Waals surface area contributed by atoms with Crippen molar-refractivity contribution in [1.29, 1.82) is 0 Å². The average Bonchev–Trinajstić information content (AvgIpc) is 3.06. The highest BCUT2D eigenvalue weighted by molar-refractivity contribution is 7.99. The van der Waals surface area contributed by atoms with Crippen LogP contribution in [0.4, 0.5) is 10.1 Å². The van der Waals surface area contributed by atoms with Gasteiger partial charge in [-0.25, -0.2) is 4.39 Å².